The van der Waals surface area contributed by atoms with Crippen LogP contribution in [0.15, 0.2) is 11.0 Å². The standard InChI is InChI=1S/C13H19ClN4O/c1-16-13(19)12(14)11(8-15-16)18-7-3-6-17-5-2-4-10(17)9-18/h8,10H,2-7,9H2,1H3/t10-/m1/s1. The molecule has 0 N–H and O–H groups in total. The highest BCUT2D eigenvalue weighted by Crippen LogP contribution is 2.27. The maximum atomic E-state index is 11.9. The van der Waals surface area contributed by atoms with Gasteiger partial charge in [-0.2, -0.15) is 5.10 Å². The van der Waals surface area contributed by atoms with Gasteiger partial charge in [0.2, 0.25) is 0 Å². The van der Waals surface area contributed by atoms with E-state index in [4.69, 9.17) is 11.6 Å². The molecule has 104 valence electrons. The van der Waals surface area contributed by atoms with E-state index in [0.29, 0.717) is 11.1 Å². The second kappa shape index (κ2) is 5.13. The van der Waals surface area contributed by atoms with Crippen LogP contribution in [-0.4, -0.2) is 46.9 Å². The largest absolute Gasteiger partial charge is 0.367 e. The molecule has 2 aliphatic heterocycles. The molecule has 1 atom stereocenters. The Balaban J connectivity index is 1.89. The van der Waals surface area contributed by atoms with Crippen LogP contribution in [0, 0.1) is 0 Å². The van der Waals surface area contributed by atoms with Crippen LogP contribution in [0.4, 0.5) is 5.69 Å². The number of nitrogens with zero attached hydrogens (tertiary/aromatic N) is 4. The van der Waals surface area contributed by atoms with E-state index in [1.807, 2.05) is 0 Å². The highest BCUT2D eigenvalue weighted by atomic mass is 35.5. The van der Waals surface area contributed by atoms with Crippen LogP contribution in [0.3, 0.4) is 0 Å². The second-order valence-electron chi connectivity index (χ2n) is 5.40. The van der Waals surface area contributed by atoms with E-state index in [0.717, 1.165) is 31.7 Å². The summed E-state index contributed by atoms with van der Waals surface area (Å²) in [7, 11) is 1.62. The molecule has 2 fully saturated rings. The predicted molar refractivity (Wildman–Crippen MR) is 75.9 cm³/mol. The summed E-state index contributed by atoms with van der Waals surface area (Å²) in [5.74, 6) is 0. The number of halogens is 1. The fraction of sp³-hybridized carbons (Fsp3) is 0.692. The smallest absolute Gasteiger partial charge is 0.287 e. The van der Waals surface area contributed by atoms with E-state index in [1.54, 1.807) is 13.2 Å². The Labute approximate surface area is 117 Å². The van der Waals surface area contributed by atoms with Crippen molar-refractivity contribution in [3.63, 3.8) is 0 Å². The lowest BCUT2D eigenvalue weighted by molar-refractivity contribution is 0.273. The maximum Gasteiger partial charge on any atom is 0.287 e. The molecule has 0 spiro atoms. The molecule has 0 aromatic carbocycles. The van der Waals surface area contributed by atoms with Gasteiger partial charge < -0.3 is 4.90 Å². The van der Waals surface area contributed by atoms with Gasteiger partial charge in [0, 0.05) is 32.7 Å². The number of anilines is 1. The van der Waals surface area contributed by atoms with Crippen LogP contribution < -0.4 is 10.5 Å². The van der Waals surface area contributed by atoms with Crippen molar-refractivity contribution >= 4 is 17.3 Å². The number of aromatic nitrogens is 2. The first-order valence-electron chi connectivity index (χ1n) is 6.87. The molecule has 2 aliphatic rings. The molecule has 5 nitrogen and oxygen atoms in total. The topological polar surface area (TPSA) is 41.4 Å². The molecule has 19 heavy (non-hydrogen) atoms. The molecule has 0 amide bonds. The zero-order chi connectivity index (χ0) is 13.4. The van der Waals surface area contributed by atoms with Crippen molar-refractivity contribution in [1.82, 2.24) is 14.7 Å². The first kappa shape index (κ1) is 12.9. The van der Waals surface area contributed by atoms with Gasteiger partial charge in [0.25, 0.3) is 5.56 Å². The highest BCUT2D eigenvalue weighted by Gasteiger charge is 2.29. The first-order chi connectivity index (χ1) is 9.16. The molecule has 0 saturated carbocycles. The van der Waals surface area contributed by atoms with Crippen LogP contribution in [0.5, 0.6) is 0 Å². The fourth-order valence-corrected chi connectivity index (χ4v) is 3.44. The Hall–Kier alpha value is -1.07. The molecule has 3 heterocycles. The molecule has 6 heteroatoms. The van der Waals surface area contributed by atoms with Crippen molar-refractivity contribution in [3.05, 3.63) is 21.6 Å². The quantitative estimate of drug-likeness (QED) is 0.774. The average Bonchev–Trinajstić information content (AvgIpc) is 2.74. The van der Waals surface area contributed by atoms with Gasteiger partial charge in [-0.25, -0.2) is 4.68 Å². The molecule has 1 aromatic heterocycles. The Bertz CT molecular complexity index is 530. The third-order valence-electron chi connectivity index (χ3n) is 4.20. The Morgan fingerprint density at radius 1 is 1.32 bits per heavy atom. The maximum absolute atomic E-state index is 11.9. The zero-order valence-electron chi connectivity index (χ0n) is 11.2. The van der Waals surface area contributed by atoms with Gasteiger partial charge >= 0.3 is 0 Å². The average molecular weight is 283 g/mol. The summed E-state index contributed by atoms with van der Waals surface area (Å²) in [6.07, 6.45) is 5.35. The Kier molecular flexibility index (Phi) is 3.50. The van der Waals surface area contributed by atoms with E-state index in [-0.39, 0.29) is 5.56 Å². The summed E-state index contributed by atoms with van der Waals surface area (Å²) in [6.45, 7) is 4.26. The normalized spacial score (nSPS) is 24.3. The number of fused-ring (bicyclic) bond motifs is 1. The Morgan fingerprint density at radius 2 is 2.11 bits per heavy atom. The van der Waals surface area contributed by atoms with Gasteiger partial charge in [0.1, 0.15) is 5.02 Å². The van der Waals surface area contributed by atoms with Crippen molar-refractivity contribution in [2.45, 2.75) is 25.3 Å². The fourth-order valence-electron chi connectivity index (χ4n) is 3.15. The van der Waals surface area contributed by atoms with Crippen LogP contribution in [0.1, 0.15) is 19.3 Å². The van der Waals surface area contributed by atoms with Gasteiger partial charge in [-0.3, -0.25) is 9.69 Å². The molecule has 0 radical (unpaired) electrons. The van der Waals surface area contributed by atoms with Crippen molar-refractivity contribution in [2.75, 3.05) is 31.1 Å². The SMILES string of the molecule is Cn1ncc(N2CCCN3CCC[C@@H]3C2)c(Cl)c1=O. The summed E-state index contributed by atoms with van der Waals surface area (Å²) >= 11 is 6.20. The lowest BCUT2D eigenvalue weighted by Gasteiger charge is -2.27. The van der Waals surface area contributed by atoms with E-state index < -0.39 is 0 Å². The summed E-state index contributed by atoms with van der Waals surface area (Å²) < 4.78 is 1.28. The van der Waals surface area contributed by atoms with Crippen LogP contribution in [0.2, 0.25) is 5.02 Å². The minimum atomic E-state index is -0.216. The number of hydrogen-bond donors (Lipinski definition) is 0. The number of aryl methyl sites for hydroxylation is 1. The lowest BCUT2D eigenvalue weighted by Crippen LogP contribution is -2.37. The summed E-state index contributed by atoms with van der Waals surface area (Å²) in [5, 5.41) is 4.39. The molecular formula is C13H19ClN4O. The molecule has 3 rings (SSSR count). The van der Waals surface area contributed by atoms with Crippen LogP contribution in [0.25, 0.3) is 0 Å². The zero-order valence-corrected chi connectivity index (χ0v) is 11.9. The van der Waals surface area contributed by atoms with Gasteiger partial charge in [-0.05, 0) is 25.8 Å². The van der Waals surface area contributed by atoms with E-state index in [9.17, 15) is 4.79 Å². The molecule has 2 saturated heterocycles. The van der Waals surface area contributed by atoms with Gasteiger partial charge in [-0.15, -0.1) is 0 Å². The van der Waals surface area contributed by atoms with E-state index in [2.05, 4.69) is 14.9 Å². The van der Waals surface area contributed by atoms with Crippen LogP contribution >= 0.6 is 11.6 Å². The third-order valence-corrected chi connectivity index (χ3v) is 4.56. The van der Waals surface area contributed by atoms with Crippen molar-refractivity contribution in [1.29, 1.82) is 0 Å². The minimum absolute atomic E-state index is 0.216. The highest BCUT2D eigenvalue weighted by molar-refractivity contribution is 6.33. The molecule has 0 bridgehead atoms. The molecule has 0 unspecified atom stereocenters. The van der Waals surface area contributed by atoms with E-state index >= 15 is 0 Å². The van der Waals surface area contributed by atoms with Crippen molar-refractivity contribution < 1.29 is 0 Å². The van der Waals surface area contributed by atoms with Crippen molar-refractivity contribution in [2.24, 2.45) is 7.05 Å². The number of rotatable bonds is 1. The number of hydrogen-bond acceptors (Lipinski definition) is 4. The second-order valence-corrected chi connectivity index (χ2v) is 5.78. The van der Waals surface area contributed by atoms with E-state index in [1.165, 1.54) is 24.1 Å². The predicted octanol–water partition coefficient (Wildman–Crippen LogP) is 1.11. The van der Waals surface area contributed by atoms with Crippen molar-refractivity contribution in [3.8, 4) is 0 Å². The van der Waals surface area contributed by atoms with Gasteiger partial charge in [0.15, 0.2) is 0 Å². The first-order valence-corrected chi connectivity index (χ1v) is 7.25. The summed E-state index contributed by atoms with van der Waals surface area (Å²) in [6, 6.07) is 0.600. The Morgan fingerprint density at radius 3 is 2.95 bits per heavy atom. The minimum Gasteiger partial charge on any atom is -0.367 e. The molecule has 1 aromatic rings. The summed E-state index contributed by atoms with van der Waals surface area (Å²) in [5.41, 5.74) is 0.574. The summed E-state index contributed by atoms with van der Waals surface area (Å²) in [4.78, 5) is 16.7. The van der Waals surface area contributed by atoms with Gasteiger partial charge in [-0.1, -0.05) is 11.6 Å². The van der Waals surface area contributed by atoms with Crippen LogP contribution in [-0.2, 0) is 7.05 Å². The molecular weight excluding hydrogens is 264 g/mol. The lowest BCUT2D eigenvalue weighted by atomic mass is 10.2. The van der Waals surface area contributed by atoms with Gasteiger partial charge in [0.05, 0.1) is 11.9 Å². The monoisotopic (exact) mass is 282 g/mol. The third kappa shape index (κ3) is 2.37. The molecule has 0 aliphatic carbocycles.